The fraction of sp³-hybridized carbons (Fsp3) is 0.750. The zero-order valence-electron chi connectivity index (χ0n) is 16.8. The molecule has 2 aliphatic rings. The quantitative estimate of drug-likeness (QED) is 0.701. The molecule has 1 amide bonds. The summed E-state index contributed by atoms with van der Waals surface area (Å²) in [6.07, 6.45) is 6.45. The molecule has 3 rings (SSSR count). The summed E-state index contributed by atoms with van der Waals surface area (Å²) >= 11 is 0. The van der Waals surface area contributed by atoms with Crippen molar-refractivity contribution in [3.05, 3.63) is 5.56 Å². The van der Waals surface area contributed by atoms with E-state index in [1.165, 1.54) is 0 Å². The van der Waals surface area contributed by atoms with Crippen molar-refractivity contribution in [2.75, 3.05) is 30.4 Å². The fourth-order valence-corrected chi connectivity index (χ4v) is 3.97. The highest BCUT2D eigenvalue weighted by Gasteiger charge is 2.33. The van der Waals surface area contributed by atoms with Gasteiger partial charge in [0.1, 0.15) is 11.6 Å². The van der Waals surface area contributed by atoms with Crippen LogP contribution in [-0.2, 0) is 16.0 Å². The molecule has 0 saturated carbocycles. The zero-order chi connectivity index (χ0) is 19.4. The van der Waals surface area contributed by atoms with E-state index in [1.54, 1.807) is 4.90 Å². The number of anilines is 2. The van der Waals surface area contributed by atoms with Gasteiger partial charge in [-0.3, -0.25) is 9.69 Å². The number of carbonyl (C=O) groups is 1. The van der Waals surface area contributed by atoms with Crippen molar-refractivity contribution in [2.24, 2.45) is 5.92 Å². The molecule has 0 aromatic carbocycles. The number of ether oxygens (including phenoxy) is 2. The Kier molecular flexibility index (Phi) is 6.19. The van der Waals surface area contributed by atoms with Gasteiger partial charge in [0, 0.05) is 18.7 Å². The number of hydrogen-bond acceptors (Lipinski definition) is 6. The van der Waals surface area contributed by atoms with Gasteiger partial charge < -0.3 is 15.2 Å². The largest absolute Gasteiger partial charge is 0.463 e. The van der Waals surface area contributed by atoms with Crippen LogP contribution >= 0.6 is 0 Å². The molecule has 0 aliphatic carbocycles. The predicted molar refractivity (Wildman–Crippen MR) is 105 cm³/mol. The van der Waals surface area contributed by atoms with E-state index in [4.69, 9.17) is 15.2 Å². The normalized spacial score (nSPS) is 21.4. The summed E-state index contributed by atoms with van der Waals surface area (Å²) in [7, 11) is 0. The molecule has 150 valence electrons. The Morgan fingerprint density at radius 3 is 2.89 bits per heavy atom. The first-order valence-electron chi connectivity index (χ1n) is 10.1. The molecule has 3 heterocycles. The van der Waals surface area contributed by atoms with Crippen LogP contribution in [0.2, 0.25) is 0 Å². The maximum absolute atomic E-state index is 12.5. The second kappa shape index (κ2) is 8.42. The molecule has 1 aromatic heterocycles. The van der Waals surface area contributed by atoms with Gasteiger partial charge in [0.15, 0.2) is 0 Å². The molecule has 1 atom stereocenters. The topological polar surface area (TPSA) is 90.6 Å². The Hall–Kier alpha value is -1.89. The lowest BCUT2D eigenvalue weighted by atomic mass is 9.85. The predicted octanol–water partition coefficient (Wildman–Crippen LogP) is 3.11. The first-order chi connectivity index (χ1) is 12.9. The smallest absolute Gasteiger partial charge is 0.320 e. The van der Waals surface area contributed by atoms with Gasteiger partial charge in [-0.15, -0.1) is 0 Å². The van der Waals surface area contributed by atoms with E-state index in [2.05, 4.69) is 30.7 Å². The minimum atomic E-state index is -0.0363. The van der Waals surface area contributed by atoms with Crippen LogP contribution in [0.5, 0.6) is 6.01 Å². The number of fused-ring (bicyclic) bond motifs is 1. The van der Waals surface area contributed by atoms with Crippen LogP contribution in [0.4, 0.5) is 11.6 Å². The van der Waals surface area contributed by atoms with Gasteiger partial charge >= 0.3 is 6.01 Å². The molecule has 1 unspecified atom stereocenters. The van der Waals surface area contributed by atoms with Crippen LogP contribution in [-0.4, -0.2) is 41.2 Å². The van der Waals surface area contributed by atoms with Crippen molar-refractivity contribution < 1.29 is 14.3 Å². The Bertz CT molecular complexity index is 677. The van der Waals surface area contributed by atoms with Crippen molar-refractivity contribution >= 4 is 17.5 Å². The third-order valence-electron chi connectivity index (χ3n) is 5.40. The molecular formula is C20H32N4O3. The maximum Gasteiger partial charge on any atom is 0.320 e. The lowest BCUT2D eigenvalue weighted by Crippen LogP contribution is -2.34. The van der Waals surface area contributed by atoms with E-state index < -0.39 is 0 Å². The molecule has 1 saturated heterocycles. The molecule has 1 fully saturated rings. The molecular weight excluding hydrogens is 344 g/mol. The van der Waals surface area contributed by atoms with Crippen molar-refractivity contribution in [1.82, 2.24) is 9.97 Å². The van der Waals surface area contributed by atoms with E-state index in [0.717, 1.165) is 50.7 Å². The Morgan fingerprint density at radius 2 is 2.15 bits per heavy atom. The number of amides is 1. The van der Waals surface area contributed by atoms with E-state index >= 15 is 0 Å². The first kappa shape index (κ1) is 19.9. The summed E-state index contributed by atoms with van der Waals surface area (Å²) in [5.74, 6) is 1.68. The molecule has 2 aliphatic heterocycles. The Labute approximate surface area is 161 Å². The standard InChI is InChI=1S/C20H32N4O3/c1-4-5-10-26-19-22-17(21)15-12-16(25)24(18(15)23-19)9-6-7-14-8-11-27-20(2,3)13-14/h14H,4-13H2,1-3H3,(H2,21,22,23). The monoisotopic (exact) mass is 376 g/mol. The van der Waals surface area contributed by atoms with Crippen molar-refractivity contribution in [3.63, 3.8) is 0 Å². The average molecular weight is 377 g/mol. The number of nitrogens with zero attached hydrogens (tertiary/aromatic N) is 3. The minimum absolute atomic E-state index is 0.0363. The summed E-state index contributed by atoms with van der Waals surface area (Å²) in [5.41, 5.74) is 6.75. The van der Waals surface area contributed by atoms with E-state index in [0.29, 0.717) is 30.7 Å². The number of nitrogen functional groups attached to an aromatic ring is 1. The highest BCUT2D eigenvalue weighted by Crippen LogP contribution is 2.34. The summed E-state index contributed by atoms with van der Waals surface area (Å²) in [6, 6.07) is 0.269. The number of nitrogens with two attached hydrogens (primary N) is 1. The van der Waals surface area contributed by atoms with Crippen LogP contribution in [0.15, 0.2) is 0 Å². The van der Waals surface area contributed by atoms with Gasteiger partial charge in [-0.25, -0.2) is 0 Å². The van der Waals surface area contributed by atoms with Crippen LogP contribution < -0.4 is 15.4 Å². The highest BCUT2D eigenvalue weighted by molar-refractivity contribution is 6.01. The zero-order valence-corrected chi connectivity index (χ0v) is 16.8. The number of rotatable bonds is 8. The van der Waals surface area contributed by atoms with E-state index in [1.807, 2.05) is 0 Å². The Morgan fingerprint density at radius 1 is 1.33 bits per heavy atom. The average Bonchev–Trinajstić information content (AvgIpc) is 2.91. The van der Waals surface area contributed by atoms with Crippen molar-refractivity contribution in [2.45, 2.75) is 71.3 Å². The minimum Gasteiger partial charge on any atom is -0.463 e. The van der Waals surface area contributed by atoms with Gasteiger partial charge in [-0.2, -0.15) is 9.97 Å². The highest BCUT2D eigenvalue weighted by atomic mass is 16.5. The summed E-state index contributed by atoms with van der Waals surface area (Å²) in [4.78, 5) is 22.9. The van der Waals surface area contributed by atoms with Gasteiger partial charge in [0.25, 0.3) is 0 Å². The first-order valence-corrected chi connectivity index (χ1v) is 10.1. The van der Waals surface area contributed by atoms with Gasteiger partial charge in [-0.05, 0) is 51.9 Å². The van der Waals surface area contributed by atoms with Crippen LogP contribution in [0.3, 0.4) is 0 Å². The number of aromatic nitrogens is 2. The molecule has 0 spiro atoms. The molecule has 7 heteroatoms. The SMILES string of the molecule is CCCCOc1nc(N)c2c(n1)N(CCCC1CCOC(C)(C)C1)C(=O)C2. The lowest BCUT2D eigenvalue weighted by Gasteiger charge is -2.35. The summed E-state index contributed by atoms with van der Waals surface area (Å²) in [6.45, 7) is 8.45. The van der Waals surface area contributed by atoms with Crippen LogP contribution in [0, 0.1) is 5.92 Å². The number of carbonyl (C=O) groups excluding carboxylic acids is 1. The van der Waals surface area contributed by atoms with Gasteiger partial charge in [-0.1, -0.05) is 13.3 Å². The van der Waals surface area contributed by atoms with Gasteiger partial charge in [0.05, 0.1) is 18.6 Å². The van der Waals surface area contributed by atoms with Crippen LogP contribution in [0.25, 0.3) is 0 Å². The van der Waals surface area contributed by atoms with Gasteiger partial charge in [0.2, 0.25) is 5.91 Å². The molecule has 7 nitrogen and oxygen atoms in total. The lowest BCUT2D eigenvalue weighted by molar-refractivity contribution is -0.117. The second-order valence-electron chi connectivity index (χ2n) is 8.23. The third-order valence-corrected chi connectivity index (χ3v) is 5.40. The Balaban J connectivity index is 1.61. The third kappa shape index (κ3) is 4.89. The maximum atomic E-state index is 12.5. The molecule has 0 radical (unpaired) electrons. The van der Waals surface area contributed by atoms with Crippen molar-refractivity contribution in [1.29, 1.82) is 0 Å². The van der Waals surface area contributed by atoms with E-state index in [9.17, 15) is 4.79 Å². The fourth-order valence-electron chi connectivity index (χ4n) is 3.97. The second-order valence-corrected chi connectivity index (χ2v) is 8.23. The molecule has 1 aromatic rings. The molecule has 0 bridgehead atoms. The molecule has 27 heavy (non-hydrogen) atoms. The van der Waals surface area contributed by atoms with Crippen LogP contribution in [0.1, 0.15) is 64.9 Å². The number of unbranched alkanes of at least 4 members (excludes halogenated alkanes) is 1. The molecule has 2 N–H and O–H groups in total. The van der Waals surface area contributed by atoms with E-state index in [-0.39, 0.29) is 23.9 Å². The van der Waals surface area contributed by atoms with Crippen molar-refractivity contribution in [3.8, 4) is 6.01 Å². The number of hydrogen-bond donors (Lipinski definition) is 1. The summed E-state index contributed by atoms with van der Waals surface area (Å²) < 4.78 is 11.4. The summed E-state index contributed by atoms with van der Waals surface area (Å²) in [5, 5.41) is 0.